The average Bonchev–Trinajstić information content (AvgIpc) is 2.59. The maximum atomic E-state index is 12.1. The molecule has 5 nitrogen and oxygen atoms in total. The van der Waals surface area contributed by atoms with Gasteiger partial charge in [-0.1, -0.05) is 45.5 Å². The minimum Gasteiger partial charge on any atom is -0.352 e. The summed E-state index contributed by atoms with van der Waals surface area (Å²) in [6.45, 7) is 5.01. The van der Waals surface area contributed by atoms with Crippen LogP contribution in [0.5, 0.6) is 0 Å². The molecule has 1 aromatic carbocycles. The summed E-state index contributed by atoms with van der Waals surface area (Å²) in [5.74, 6) is 2.77. The second-order valence-corrected chi connectivity index (χ2v) is 8.17. The minimum atomic E-state index is -3.63. The van der Waals surface area contributed by atoms with Gasteiger partial charge < -0.3 is 5.32 Å². The number of benzene rings is 1. The summed E-state index contributed by atoms with van der Waals surface area (Å²) >= 11 is 0. The largest absolute Gasteiger partial charge is 0.352 e. The molecule has 0 saturated carbocycles. The van der Waals surface area contributed by atoms with E-state index < -0.39 is 10.0 Å². The Hall–Kier alpha value is -1.84. The van der Waals surface area contributed by atoms with Crippen molar-refractivity contribution in [1.29, 1.82) is 0 Å². The molecule has 1 rings (SSSR count). The van der Waals surface area contributed by atoms with Crippen LogP contribution >= 0.6 is 0 Å². The topological polar surface area (TPSA) is 75.3 Å². The van der Waals surface area contributed by atoms with E-state index in [4.69, 9.17) is 6.42 Å². The summed E-state index contributed by atoms with van der Waals surface area (Å²) in [7, 11) is -3.63. The molecule has 0 atom stereocenters. The van der Waals surface area contributed by atoms with E-state index in [1.807, 2.05) is 0 Å². The number of terminal acetylenes is 1. The van der Waals surface area contributed by atoms with E-state index >= 15 is 0 Å². The first kappa shape index (κ1) is 21.2. The standard InChI is InChI=1S/C19H28N2O3S/c1-4-14-21-25(23,24)18-12-10-17(11-13-18)19(22)20-15-8-6-5-7-9-16(2)3/h1,10-13,16,21H,5-9,14-15H2,2-3H3,(H,20,22). The van der Waals surface area contributed by atoms with Crippen molar-refractivity contribution in [2.75, 3.05) is 13.1 Å². The molecule has 0 aliphatic rings. The molecule has 0 bridgehead atoms. The summed E-state index contributed by atoms with van der Waals surface area (Å²) in [4.78, 5) is 12.1. The lowest BCUT2D eigenvalue weighted by atomic mass is 10.0. The zero-order valence-electron chi connectivity index (χ0n) is 15.0. The molecule has 6 heteroatoms. The van der Waals surface area contributed by atoms with Crippen molar-refractivity contribution in [2.24, 2.45) is 5.92 Å². The van der Waals surface area contributed by atoms with Crippen LogP contribution in [0.15, 0.2) is 29.2 Å². The van der Waals surface area contributed by atoms with E-state index in [1.54, 1.807) is 0 Å². The lowest BCUT2D eigenvalue weighted by Gasteiger charge is -2.08. The minimum absolute atomic E-state index is 0.0677. The third-order valence-corrected chi connectivity index (χ3v) is 5.20. The highest BCUT2D eigenvalue weighted by Crippen LogP contribution is 2.11. The van der Waals surface area contributed by atoms with Gasteiger partial charge in [-0.25, -0.2) is 8.42 Å². The van der Waals surface area contributed by atoms with Crippen molar-refractivity contribution in [3.63, 3.8) is 0 Å². The predicted octanol–water partition coefficient (Wildman–Crippen LogP) is 2.93. The molecule has 0 spiro atoms. The quantitative estimate of drug-likeness (QED) is 0.468. The van der Waals surface area contributed by atoms with Gasteiger partial charge in [0.2, 0.25) is 10.0 Å². The molecule has 0 aliphatic carbocycles. The van der Waals surface area contributed by atoms with Crippen molar-refractivity contribution in [1.82, 2.24) is 10.0 Å². The van der Waals surface area contributed by atoms with Crippen LogP contribution in [0.2, 0.25) is 0 Å². The van der Waals surface area contributed by atoms with E-state index in [9.17, 15) is 13.2 Å². The van der Waals surface area contributed by atoms with Gasteiger partial charge in [0, 0.05) is 12.1 Å². The monoisotopic (exact) mass is 364 g/mol. The molecule has 25 heavy (non-hydrogen) atoms. The zero-order valence-corrected chi connectivity index (χ0v) is 15.9. The molecule has 138 valence electrons. The fourth-order valence-corrected chi connectivity index (χ4v) is 3.28. The summed E-state index contributed by atoms with van der Waals surface area (Å²) < 4.78 is 26.1. The van der Waals surface area contributed by atoms with Crippen LogP contribution in [0.3, 0.4) is 0 Å². The molecule has 1 aromatic rings. The zero-order chi connectivity index (χ0) is 18.7. The lowest BCUT2D eigenvalue weighted by Crippen LogP contribution is -2.25. The number of carbonyl (C=O) groups is 1. The third-order valence-electron chi connectivity index (χ3n) is 3.78. The predicted molar refractivity (Wildman–Crippen MR) is 101 cm³/mol. The Labute approximate surface area is 151 Å². The van der Waals surface area contributed by atoms with Crippen LogP contribution in [0, 0.1) is 18.3 Å². The van der Waals surface area contributed by atoms with Gasteiger partial charge in [0.15, 0.2) is 0 Å². The molecule has 2 N–H and O–H groups in total. The summed E-state index contributed by atoms with van der Waals surface area (Å²) in [5.41, 5.74) is 0.440. The number of nitrogens with one attached hydrogen (secondary N) is 2. The number of rotatable bonds is 11. The Morgan fingerprint density at radius 2 is 1.76 bits per heavy atom. The van der Waals surface area contributed by atoms with Gasteiger partial charge in [0.05, 0.1) is 11.4 Å². The third kappa shape index (κ3) is 8.19. The van der Waals surface area contributed by atoms with Gasteiger partial charge in [0.25, 0.3) is 5.91 Å². The van der Waals surface area contributed by atoms with Gasteiger partial charge in [-0.15, -0.1) is 6.42 Å². The average molecular weight is 365 g/mol. The number of hydrogen-bond acceptors (Lipinski definition) is 3. The molecular weight excluding hydrogens is 336 g/mol. The first-order chi connectivity index (χ1) is 11.9. The van der Waals surface area contributed by atoms with Crippen LogP contribution < -0.4 is 10.0 Å². The van der Waals surface area contributed by atoms with E-state index in [-0.39, 0.29) is 17.3 Å². The Balaban J connectivity index is 2.38. The van der Waals surface area contributed by atoms with E-state index in [1.165, 1.54) is 43.5 Å². The second kappa shape index (κ2) is 10.9. The first-order valence-electron chi connectivity index (χ1n) is 8.68. The highest BCUT2D eigenvalue weighted by Gasteiger charge is 2.13. The molecule has 0 radical (unpaired) electrons. The van der Waals surface area contributed by atoms with E-state index in [0.29, 0.717) is 12.1 Å². The Morgan fingerprint density at radius 1 is 1.12 bits per heavy atom. The number of sulfonamides is 1. The lowest BCUT2D eigenvalue weighted by molar-refractivity contribution is 0.0953. The van der Waals surface area contributed by atoms with Gasteiger partial charge in [0.1, 0.15) is 0 Å². The SMILES string of the molecule is C#CCNS(=O)(=O)c1ccc(C(=O)NCCCCCCC(C)C)cc1. The van der Waals surface area contributed by atoms with Crippen LogP contribution in [0.1, 0.15) is 56.3 Å². The van der Waals surface area contributed by atoms with Crippen molar-refractivity contribution < 1.29 is 13.2 Å². The molecule has 0 fully saturated rings. The molecule has 0 unspecified atom stereocenters. The number of amides is 1. The molecule has 0 aliphatic heterocycles. The molecule has 0 heterocycles. The smallest absolute Gasteiger partial charge is 0.251 e. The van der Waals surface area contributed by atoms with Crippen molar-refractivity contribution in [3.05, 3.63) is 29.8 Å². The number of unbranched alkanes of at least 4 members (excludes halogenated alkanes) is 3. The highest BCUT2D eigenvalue weighted by molar-refractivity contribution is 7.89. The fourth-order valence-electron chi connectivity index (χ4n) is 2.34. The van der Waals surface area contributed by atoms with Crippen LogP contribution in [-0.4, -0.2) is 27.4 Å². The maximum Gasteiger partial charge on any atom is 0.251 e. The summed E-state index contributed by atoms with van der Waals surface area (Å²) in [5, 5.41) is 2.86. The Kier molecular flexibility index (Phi) is 9.25. The van der Waals surface area contributed by atoms with Crippen LogP contribution in [0.4, 0.5) is 0 Å². The molecule has 0 saturated heterocycles. The molecular formula is C19H28N2O3S. The van der Waals surface area contributed by atoms with Crippen molar-refractivity contribution in [2.45, 2.75) is 50.8 Å². The van der Waals surface area contributed by atoms with Crippen molar-refractivity contribution in [3.8, 4) is 12.3 Å². The van der Waals surface area contributed by atoms with Gasteiger partial charge >= 0.3 is 0 Å². The van der Waals surface area contributed by atoms with Gasteiger partial charge in [-0.3, -0.25) is 4.79 Å². The number of hydrogen-bond donors (Lipinski definition) is 2. The summed E-state index contributed by atoms with van der Waals surface area (Å²) in [6, 6.07) is 5.81. The Morgan fingerprint density at radius 3 is 2.36 bits per heavy atom. The van der Waals surface area contributed by atoms with Crippen molar-refractivity contribution >= 4 is 15.9 Å². The van der Waals surface area contributed by atoms with E-state index in [0.717, 1.165) is 18.8 Å². The normalized spacial score (nSPS) is 11.3. The Bertz CT molecular complexity index is 674. The van der Waals surface area contributed by atoms with E-state index in [2.05, 4.69) is 29.8 Å². The molecule has 0 aromatic heterocycles. The fraction of sp³-hybridized carbons (Fsp3) is 0.526. The summed E-state index contributed by atoms with van der Waals surface area (Å²) in [6.07, 6.45) is 10.8. The van der Waals surface area contributed by atoms with Crippen LogP contribution in [-0.2, 0) is 10.0 Å². The van der Waals surface area contributed by atoms with Crippen LogP contribution in [0.25, 0.3) is 0 Å². The maximum absolute atomic E-state index is 12.1. The van der Waals surface area contributed by atoms with Gasteiger partial charge in [-0.05, 0) is 36.6 Å². The molecule has 1 amide bonds. The van der Waals surface area contributed by atoms with Gasteiger partial charge in [-0.2, -0.15) is 4.72 Å². The highest BCUT2D eigenvalue weighted by atomic mass is 32.2. The first-order valence-corrected chi connectivity index (χ1v) is 10.2. The second-order valence-electron chi connectivity index (χ2n) is 6.41. The number of carbonyl (C=O) groups excluding carboxylic acids is 1.